The van der Waals surface area contributed by atoms with Crippen molar-refractivity contribution < 1.29 is 9.26 Å². The third kappa shape index (κ3) is 2.93. The first-order valence-electron chi connectivity index (χ1n) is 5.76. The van der Waals surface area contributed by atoms with Crippen molar-refractivity contribution in [3.05, 3.63) is 5.89 Å². The predicted molar refractivity (Wildman–Crippen MR) is 59.6 cm³/mol. The molecule has 0 atom stereocenters. The van der Waals surface area contributed by atoms with E-state index in [1.165, 1.54) is 0 Å². The molecule has 2 rings (SSSR count). The molecular formula is C10H18N4O2. The number of ether oxygens (including phenoxy) is 1. The molecule has 0 bridgehead atoms. The molecule has 0 spiro atoms. The molecule has 6 heteroatoms. The van der Waals surface area contributed by atoms with Crippen LogP contribution in [-0.2, 0) is 11.2 Å². The fourth-order valence-electron chi connectivity index (χ4n) is 1.61. The third-order valence-electron chi connectivity index (χ3n) is 2.52. The summed E-state index contributed by atoms with van der Waals surface area (Å²) in [5, 5.41) is 7.20. The van der Waals surface area contributed by atoms with E-state index in [0.29, 0.717) is 11.8 Å². The van der Waals surface area contributed by atoms with Gasteiger partial charge in [-0.15, -0.1) is 0 Å². The number of nitrogens with zero attached hydrogens (tertiary/aromatic N) is 3. The van der Waals surface area contributed by atoms with E-state index in [-0.39, 0.29) is 0 Å². The Labute approximate surface area is 95.0 Å². The van der Waals surface area contributed by atoms with Crippen molar-refractivity contribution in [2.24, 2.45) is 0 Å². The number of rotatable bonds is 5. The van der Waals surface area contributed by atoms with E-state index in [0.717, 1.165) is 45.8 Å². The number of hydrogen-bond donors (Lipinski definition) is 1. The van der Waals surface area contributed by atoms with Crippen molar-refractivity contribution in [2.45, 2.75) is 13.3 Å². The Balaban J connectivity index is 1.85. The highest BCUT2D eigenvalue weighted by Crippen LogP contribution is 2.11. The van der Waals surface area contributed by atoms with Crippen molar-refractivity contribution in [1.29, 1.82) is 0 Å². The van der Waals surface area contributed by atoms with Gasteiger partial charge in [0.05, 0.1) is 13.2 Å². The molecule has 0 aromatic carbocycles. The van der Waals surface area contributed by atoms with E-state index in [1.807, 2.05) is 0 Å². The molecule has 16 heavy (non-hydrogen) atoms. The lowest BCUT2D eigenvalue weighted by molar-refractivity contribution is 0.121. The Morgan fingerprint density at radius 2 is 2.19 bits per heavy atom. The minimum atomic E-state index is 0.690. The van der Waals surface area contributed by atoms with E-state index in [1.54, 1.807) is 0 Å². The fraction of sp³-hybridized carbons (Fsp3) is 0.800. The maximum absolute atomic E-state index is 5.27. The average Bonchev–Trinajstić information content (AvgIpc) is 2.79. The zero-order chi connectivity index (χ0) is 11.2. The molecule has 0 aliphatic carbocycles. The zero-order valence-electron chi connectivity index (χ0n) is 9.61. The molecule has 1 saturated heterocycles. The second-order valence-corrected chi connectivity index (χ2v) is 3.69. The topological polar surface area (TPSA) is 63.4 Å². The van der Waals surface area contributed by atoms with Gasteiger partial charge in [0.25, 0.3) is 5.95 Å². The Bertz CT molecular complexity index is 310. The number of nitrogens with one attached hydrogen (secondary N) is 1. The van der Waals surface area contributed by atoms with E-state index in [2.05, 4.69) is 27.3 Å². The molecule has 0 saturated carbocycles. The lowest BCUT2D eigenvalue weighted by atomic mass is 10.4. The first-order chi connectivity index (χ1) is 7.90. The van der Waals surface area contributed by atoms with Gasteiger partial charge in [-0.05, 0) is 11.7 Å². The highest BCUT2D eigenvalue weighted by molar-refractivity contribution is 5.27. The summed E-state index contributed by atoms with van der Waals surface area (Å²) in [6.07, 6.45) is 0.783. The highest BCUT2D eigenvalue weighted by atomic mass is 16.5. The Morgan fingerprint density at radius 3 is 2.94 bits per heavy atom. The first kappa shape index (κ1) is 11.3. The van der Waals surface area contributed by atoms with Gasteiger partial charge < -0.3 is 19.5 Å². The predicted octanol–water partition coefficient (Wildman–Crippen LogP) is 0.0582. The van der Waals surface area contributed by atoms with E-state index in [4.69, 9.17) is 9.26 Å². The molecule has 90 valence electrons. The molecule has 2 heterocycles. The van der Waals surface area contributed by atoms with Crippen LogP contribution >= 0.6 is 0 Å². The van der Waals surface area contributed by atoms with Gasteiger partial charge in [0.15, 0.2) is 0 Å². The van der Waals surface area contributed by atoms with Crippen LogP contribution in [0.1, 0.15) is 12.8 Å². The monoisotopic (exact) mass is 226 g/mol. The quantitative estimate of drug-likeness (QED) is 0.716. The highest BCUT2D eigenvalue weighted by Gasteiger charge is 2.16. The first-order valence-corrected chi connectivity index (χ1v) is 5.76. The molecule has 0 radical (unpaired) electrons. The van der Waals surface area contributed by atoms with Crippen molar-refractivity contribution in [1.82, 2.24) is 15.5 Å². The van der Waals surface area contributed by atoms with Crippen molar-refractivity contribution in [3.63, 3.8) is 0 Å². The Morgan fingerprint density at radius 1 is 1.38 bits per heavy atom. The summed E-state index contributed by atoms with van der Waals surface area (Å²) >= 11 is 0. The maximum atomic E-state index is 5.27. The summed E-state index contributed by atoms with van der Waals surface area (Å²) in [5.41, 5.74) is 0. The van der Waals surface area contributed by atoms with Crippen LogP contribution in [0.15, 0.2) is 4.52 Å². The lowest BCUT2D eigenvalue weighted by Gasteiger charge is -2.24. The molecule has 1 aliphatic heterocycles. The van der Waals surface area contributed by atoms with Crippen LogP contribution in [0.5, 0.6) is 0 Å². The maximum Gasteiger partial charge on any atom is 0.266 e. The minimum Gasteiger partial charge on any atom is -0.378 e. The van der Waals surface area contributed by atoms with Crippen LogP contribution in [0.4, 0.5) is 5.95 Å². The zero-order valence-corrected chi connectivity index (χ0v) is 9.61. The van der Waals surface area contributed by atoms with E-state index < -0.39 is 0 Å². The summed E-state index contributed by atoms with van der Waals surface area (Å²) in [4.78, 5) is 6.45. The smallest absolute Gasteiger partial charge is 0.266 e. The van der Waals surface area contributed by atoms with Crippen LogP contribution in [0.3, 0.4) is 0 Å². The molecule has 1 aromatic heterocycles. The SMILES string of the molecule is CCNCCc1nc(N2CCOCC2)no1. The summed E-state index contributed by atoms with van der Waals surface area (Å²) in [7, 11) is 0. The second kappa shape index (κ2) is 5.81. The van der Waals surface area contributed by atoms with Crippen molar-refractivity contribution >= 4 is 5.95 Å². The molecular weight excluding hydrogens is 208 g/mol. The van der Waals surface area contributed by atoms with Crippen molar-refractivity contribution in [2.75, 3.05) is 44.3 Å². The van der Waals surface area contributed by atoms with Crippen molar-refractivity contribution in [3.8, 4) is 0 Å². The molecule has 1 aliphatic rings. The van der Waals surface area contributed by atoms with Gasteiger partial charge in [-0.1, -0.05) is 6.92 Å². The largest absolute Gasteiger partial charge is 0.378 e. The van der Waals surface area contributed by atoms with Gasteiger partial charge >= 0.3 is 0 Å². The average molecular weight is 226 g/mol. The molecule has 1 fully saturated rings. The number of hydrogen-bond acceptors (Lipinski definition) is 6. The van der Waals surface area contributed by atoms with E-state index in [9.17, 15) is 0 Å². The van der Waals surface area contributed by atoms with Gasteiger partial charge in [-0.2, -0.15) is 4.98 Å². The molecule has 6 nitrogen and oxygen atoms in total. The fourth-order valence-corrected chi connectivity index (χ4v) is 1.61. The Kier molecular flexibility index (Phi) is 4.12. The lowest BCUT2D eigenvalue weighted by Crippen LogP contribution is -2.36. The van der Waals surface area contributed by atoms with Gasteiger partial charge in [-0.25, -0.2) is 0 Å². The molecule has 1 aromatic rings. The van der Waals surface area contributed by atoms with E-state index >= 15 is 0 Å². The summed E-state index contributed by atoms with van der Waals surface area (Å²) < 4.78 is 10.5. The third-order valence-corrected chi connectivity index (χ3v) is 2.52. The van der Waals surface area contributed by atoms with Gasteiger partial charge in [0, 0.05) is 26.1 Å². The Hall–Kier alpha value is -1.14. The second-order valence-electron chi connectivity index (χ2n) is 3.69. The molecule has 1 N–H and O–H groups in total. The van der Waals surface area contributed by atoms with Crippen LogP contribution in [-0.4, -0.2) is 49.5 Å². The van der Waals surface area contributed by atoms with Crippen LogP contribution < -0.4 is 10.2 Å². The number of aromatic nitrogens is 2. The normalized spacial score (nSPS) is 16.7. The van der Waals surface area contributed by atoms with Crippen LogP contribution in [0.2, 0.25) is 0 Å². The molecule has 0 unspecified atom stereocenters. The molecule has 0 amide bonds. The minimum absolute atomic E-state index is 0.690. The standard InChI is InChI=1S/C10H18N4O2/c1-2-11-4-3-9-12-10(13-16-9)14-5-7-15-8-6-14/h11H,2-8H2,1H3. The summed E-state index contributed by atoms with van der Waals surface area (Å²) in [6, 6.07) is 0. The summed E-state index contributed by atoms with van der Waals surface area (Å²) in [6.45, 7) is 7.07. The number of anilines is 1. The number of morpholine rings is 1. The number of likely N-dealkylation sites (N-methyl/N-ethyl adjacent to an activating group) is 1. The summed E-state index contributed by atoms with van der Waals surface area (Å²) in [5.74, 6) is 1.39. The van der Waals surface area contributed by atoms with Crippen LogP contribution in [0, 0.1) is 0 Å². The van der Waals surface area contributed by atoms with Crippen LogP contribution in [0.25, 0.3) is 0 Å². The van der Waals surface area contributed by atoms with Gasteiger partial charge in [0.1, 0.15) is 0 Å². The van der Waals surface area contributed by atoms with Gasteiger partial charge in [0.2, 0.25) is 5.89 Å². The van der Waals surface area contributed by atoms with Gasteiger partial charge in [-0.3, -0.25) is 0 Å².